The van der Waals surface area contributed by atoms with E-state index in [-0.39, 0.29) is 12.0 Å². The summed E-state index contributed by atoms with van der Waals surface area (Å²) in [5.74, 6) is -0.311. The van der Waals surface area contributed by atoms with Crippen LogP contribution in [0.1, 0.15) is 52.9 Å². The van der Waals surface area contributed by atoms with Gasteiger partial charge in [-0.15, -0.1) is 22.7 Å². The highest BCUT2D eigenvalue weighted by molar-refractivity contribution is 7.14. The van der Waals surface area contributed by atoms with E-state index in [4.69, 9.17) is 10.00 Å². The van der Waals surface area contributed by atoms with Crippen LogP contribution in [-0.4, -0.2) is 18.5 Å². The summed E-state index contributed by atoms with van der Waals surface area (Å²) in [5, 5.41) is 13.8. The number of amides is 1. The summed E-state index contributed by atoms with van der Waals surface area (Å²) >= 11 is 2.73. The number of rotatable bonds is 4. The van der Waals surface area contributed by atoms with E-state index < -0.39 is 11.9 Å². The van der Waals surface area contributed by atoms with E-state index in [2.05, 4.69) is 26.1 Å². The van der Waals surface area contributed by atoms with Crippen LogP contribution in [0.25, 0.3) is 0 Å². The summed E-state index contributed by atoms with van der Waals surface area (Å²) in [6.45, 7) is 6.41. The Morgan fingerprint density at radius 2 is 2.19 bits per heavy atom. The van der Waals surface area contributed by atoms with Crippen LogP contribution in [0.5, 0.6) is 0 Å². The lowest BCUT2D eigenvalue weighted by Gasteiger charge is -2.33. The lowest BCUT2D eigenvalue weighted by Crippen LogP contribution is -2.26. The minimum atomic E-state index is -0.469. The first-order chi connectivity index (χ1) is 12.8. The van der Waals surface area contributed by atoms with E-state index in [1.54, 1.807) is 11.4 Å². The molecule has 2 heterocycles. The van der Waals surface area contributed by atoms with Gasteiger partial charge in [0.05, 0.1) is 5.56 Å². The molecule has 0 aromatic carbocycles. The van der Waals surface area contributed by atoms with Crippen LogP contribution in [0.15, 0.2) is 17.5 Å². The fraction of sp³-hybridized carbons (Fsp3) is 0.450. The van der Waals surface area contributed by atoms with Gasteiger partial charge >= 0.3 is 5.97 Å². The van der Waals surface area contributed by atoms with E-state index in [9.17, 15) is 9.59 Å². The molecule has 1 N–H and O–H groups in total. The van der Waals surface area contributed by atoms with E-state index >= 15 is 0 Å². The number of nitrogens with one attached hydrogen (secondary N) is 1. The number of hydrogen-bond donors (Lipinski definition) is 1. The average molecular weight is 403 g/mol. The number of anilines is 1. The highest BCUT2D eigenvalue weighted by Crippen LogP contribution is 2.40. The maximum atomic E-state index is 12.3. The molecule has 0 unspecified atom stereocenters. The van der Waals surface area contributed by atoms with Gasteiger partial charge in [-0.05, 0) is 53.7 Å². The fourth-order valence-electron chi connectivity index (χ4n) is 3.22. The van der Waals surface area contributed by atoms with E-state index in [0.717, 1.165) is 19.3 Å². The minimum absolute atomic E-state index is 0.252. The van der Waals surface area contributed by atoms with Crippen LogP contribution in [-0.2, 0) is 22.4 Å². The second-order valence-corrected chi connectivity index (χ2v) is 9.82. The zero-order valence-electron chi connectivity index (χ0n) is 15.6. The molecule has 1 aliphatic rings. The molecule has 27 heavy (non-hydrogen) atoms. The molecule has 7 heteroatoms. The van der Waals surface area contributed by atoms with E-state index in [0.29, 0.717) is 21.4 Å². The highest BCUT2D eigenvalue weighted by atomic mass is 32.1. The maximum absolute atomic E-state index is 12.3. The third-order valence-electron chi connectivity index (χ3n) is 4.88. The van der Waals surface area contributed by atoms with Gasteiger partial charge in [0, 0.05) is 4.88 Å². The van der Waals surface area contributed by atoms with Gasteiger partial charge in [-0.1, -0.05) is 20.8 Å². The first kappa shape index (κ1) is 19.6. The number of aryl methyl sites for hydroxylation is 1. The third-order valence-corrected chi connectivity index (χ3v) is 6.93. The normalized spacial score (nSPS) is 16.3. The van der Waals surface area contributed by atoms with Crippen LogP contribution in [0.2, 0.25) is 0 Å². The highest BCUT2D eigenvalue weighted by Gasteiger charge is 2.30. The molecule has 2 aromatic heterocycles. The summed E-state index contributed by atoms with van der Waals surface area (Å²) < 4.78 is 5.17. The van der Waals surface area contributed by atoms with Crippen LogP contribution >= 0.6 is 22.7 Å². The van der Waals surface area contributed by atoms with Crippen LogP contribution < -0.4 is 5.32 Å². The molecule has 0 spiro atoms. The molecule has 0 saturated heterocycles. The number of nitrogens with zero attached hydrogens (tertiary/aromatic N) is 1. The smallest absolute Gasteiger partial charge is 0.348 e. The van der Waals surface area contributed by atoms with Crippen LogP contribution in [0.3, 0.4) is 0 Å². The zero-order chi connectivity index (χ0) is 19.6. The second-order valence-electron chi connectivity index (χ2n) is 7.76. The molecule has 5 nitrogen and oxygen atoms in total. The Morgan fingerprint density at radius 3 is 2.89 bits per heavy atom. The summed E-state index contributed by atoms with van der Waals surface area (Å²) in [4.78, 5) is 26.1. The van der Waals surface area contributed by atoms with E-state index in [1.807, 2.05) is 12.1 Å². The Bertz CT molecular complexity index is 899. The summed E-state index contributed by atoms with van der Waals surface area (Å²) in [6, 6.07) is 5.56. The van der Waals surface area contributed by atoms with Crippen LogP contribution in [0.4, 0.5) is 5.00 Å². The largest absolute Gasteiger partial charge is 0.451 e. The number of thiophene rings is 2. The van der Waals surface area contributed by atoms with Crippen molar-refractivity contribution in [2.24, 2.45) is 11.3 Å². The molecular formula is C20H22N2O3S2. The summed E-state index contributed by atoms with van der Waals surface area (Å²) in [5.41, 5.74) is 1.89. The van der Waals surface area contributed by atoms with Crippen molar-refractivity contribution in [3.63, 3.8) is 0 Å². The molecule has 2 aromatic rings. The van der Waals surface area contributed by atoms with Crippen molar-refractivity contribution < 1.29 is 14.3 Å². The van der Waals surface area contributed by atoms with Crippen molar-refractivity contribution in [2.45, 2.75) is 40.0 Å². The third kappa shape index (κ3) is 4.57. The number of hydrogen-bond acceptors (Lipinski definition) is 6. The summed E-state index contributed by atoms with van der Waals surface area (Å²) in [7, 11) is 0. The molecule has 1 atom stereocenters. The molecule has 0 aliphatic heterocycles. The van der Waals surface area contributed by atoms with Crippen molar-refractivity contribution in [3.8, 4) is 6.07 Å². The monoisotopic (exact) mass is 402 g/mol. The van der Waals surface area contributed by atoms with Crippen molar-refractivity contribution in [1.82, 2.24) is 0 Å². The topological polar surface area (TPSA) is 79.2 Å². The Kier molecular flexibility index (Phi) is 5.68. The first-order valence-electron chi connectivity index (χ1n) is 8.84. The van der Waals surface area contributed by atoms with Gasteiger partial charge in [-0.2, -0.15) is 5.26 Å². The lowest BCUT2D eigenvalue weighted by atomic mass is 9.72. The standard InChI is InChI=1S/C20H22N2O3S2/c1-20(2,3)14-4-5-15-13(8-14)9-16(27-15)19(24)25-11-17(23)22-18-12(10-21)6-7-26-18/h6-7,9,14H,4-5,8,11H2,1-3H3,(H,22,23)/t14-/m0/s1. The van der Waals surface area contributed by atoms with Gasteiger partial charge in [-0.25, -0.2) is 4.79 Å². The van der Waals surface area contributed by atoms with Crippen molar-refractivity contribution in [3.05, 3.63) is 38.4 Å². The van der Waals surface area contributed by atoms with Gasteiger partial charge in [0.25, 0.3) is 5.91 Å². The number of nitriles is 1. The van der Waals surface area contributed by atoms with Gasteiger partial charge in [0.2, 0.25) is 0 Å². The zero-order valence-corrected chi connectivity index (χ0v) is 17.3. The van der Waals surface area contributed by atoms with Crippen molar-refractivity contribution in [2.75, 3.05) is 11.9 Å². The Hall–Kier alpha value is -2.17. The molecule has 0 saturated carbocycles. The first-order valence-corrected chi connectivity index (χ1v) is 10.5. The Balaban J connectivity index is 1.57. The molecule has 3 rings (SSSR count). The molecule has 1 aliphatic carbocycles. The molecule has 142 valence electrons. The van der Waals surface area contributed by atoms with Crippen LogP contribution in [0, 0.1) is 22.7 Å². The predicted molar refractivity (Wildman–Crippen MR) is 107 cm³/mol. The maximum Gasteiger partial charge on any atom is 0.348 e. The predicted octanol–water partition coefficient (Wildman–Crippen LogP) is 4.63. The SMILES string of the molecule is CC(C)(C)[C@H]1CCc2sc(C(=O)OCC(=O)Nc3sccc3C#N)cc2C1. The van der Waals surface area contributed by atoms with Crippen molar-refractivity contribution >= 4 is 39.6 Å². The molecule has 0 fully saturated rings. The second kappa shape index (κ2) is 7.83. The Labute approximate surface area is 167 Å². The average Bonchev–Trinajstić information content (AvgIpc) is 3.24. The van der Waals surface area contributed by atoms with Gasteiger partial charge in [-0.3, -0.25) is 4.79 Å². The minimum Gasteiger partial charge on any atom is -0.451 e. The van der Waals surface area contributed by atoms with E-state index in [1.165, 1.54) is 33.1 Å². The van der Waals surface area contributed by atoms with Gasteiger partial charge in [0.15, 0.2) is 6.61 Å². The molecular weight excluding hydrogens is 380 g/mol. The molecule has 0 bridgehead atoms. The number of fused-ring (bicyclic) bond motifs is 1. The lowest BCUT2D eigenvalue weighted by molar-refractivity contribution is -0.119. The van der Waals surface area contributed by atoms with Gasteiger partial charge in [0.1, 0.15) is 15.9 Å². The number of ether oxygens (including phenoxy) is 1. The quantitative estimate of drug-likeness (QED) is 0.756. The summed E-state index contributed by atoms with van der Waals surface area (Å²) in [6.07, 6.45) is 3.11. The number of esters is 1. The fourth-order valence-corrected chi connectivity index (χ4v) is 5.08. The number of carbonyl (C=O) groups excluding carboxylic acids is 2. The number of carbonyl (C=O) groups is 2. The molecule has 0 radical (unpaired) electrons. The van der Waals surface area contributed by atoms with Gasteiger partial charge < -0.3 is 10.1 Å². The molecule has 1 amide bonds. The van der Waals surface area contributed by atoms with Crippen molar-refractivity contribution in [1.29, 1.82) is 5.26 Å². The Morgan fingerprint density at radius 1 is 1.41 bits per heavy atom.